The summed E-state index contributed by atoms with van der Waals surface area (Å²) in [6.45, 7) is 3.63. The maximum absolute atomic E-state index is 9.67. The summed E-state index contributed by atoms with van der Waals surface area (Å²) < 4.78 is 5.21. The van der Waals surface area contributed by atoms with Crippen LogP contribution in [-0.4, -0.2) is 10.1 Å². The molecule has 11 heavy (non-hydrogen) atoms. The molecule has 0 spiro atoms. The highest BCUT2D eigenvalue weighted by molar-refractivity contribution is 5.22. The van der Waals surface area contributed by atoms with Crippen LogP contribution < -0.4 is 0 Å². The lowest BCUT2D eigenvalue weighted by molar-refractivity contribution is 0.145. The molecule has 1 aliphatic carbocycles. The molecule has 1 aromatic heterocycles. The molecule has 0 aliphatic heterocycles. The lowest BCUT2D eigenvalue weighted by Crippen LogP contribution is -2.06. The minimum atomic E-state index is -0.651. The summed E-state index contributed by atoms with van der Waals surface area (Å²) in [5, 5.41) is 9.67. The van der Waals surface area contributed by atoms with Crippen molar-refractivity contribution in [2.45, 2.75) is 32.3 Å². The average Bonchev–Trinajstić information content (AvgIpc) is 2.55. The molecular weight excluding hydrogens is 142 g/mol. The second-order valence-electron chi connectivity index (χ2n) is 3.17. The molecule has 0 amide bonds. The zero-order valence-corrected chi connectivity index (χ0v) is 6.72. The quantitative estimate of drug-likeness (QED) is 0.660. The average molecular weight is 153 g/mol. The number of aromatic nitrogens is 1. The summed E-state index contributed by atoms with van der Waals surface area (Å²) in [6, 6.07) is 0. The fourth-order valence-electron chi connectivity index (χ4n) is 1.32. The van der Waals surface area contributed by atoms with Gasteiger partial charge < -0.3 is 9.52 Å². The van der Waals surface area contributed by atoms with Gasteiger partial charge >= 0.3 is 0 Å². The fourth-order valence-corrected chi connectivity index (χ4v) is 1.32. The minimum absolute atomic E-state index is 0.637. The van der Waals surface area contributed by atoms with Crippen molar-refractivity contribution in [3.63, 3.8) is 0 Å². The van der Waals surface area contributed by atoms with Gasteiger partial charge in [0.25, 0.3) is 0 Å². The molecule has 2 rings (SSSR count). The van der Waals surface area contributed by atoms with E-state index in [-0.39, 0.29) is 0 Å². The van der Waals surface area contributed by atoms with E-state index >= 15 is 0 Å². The van der Waals surface area contributed by atoms with Crippen molar-refractivity contribution in [1.82, 2.24) is 4.98 Å². The first-order valence-corrected chi connectivity index (χ1v) is 3.79. The third-order valence-corrected chi connectivity index (χ3v) is 2.07. The highest BCUT2D eigenvalue weighted by Gasteiger charge is 2.46. The second kappa shape index (κ2) is 1.85. The maximum Gasteiger partial charge on any atom is 0.191 e. The summed E-state index contributed by atoms with van der Waals surface area (Å²) in [5.74, 6) is 1.39. The van der Waals surface area contributed by atoms with E-state index in [9.17, 15) is 5.11 Å². The third kappa shape index (κ3) is 0.959. The van der Waals surface area contributed by atoms with Crippen LogP contribution in [0.25, 0.3) is 0 Å². The summed E-state index contributed by atoms with van der Waals surface area (Å²) in [5.41, 5.74) is 0.0805. The molecule has 0 radical (unpaired) electrons. The van der Waals surface area contributed by atoms with Gasteiger partial charge in [-0.3, -0.25) is 0 Å². The van der Waals surface area contributed by atoms with Crippen LogP contribution in [0.5, 0.6) is 0 Å². The Hall–Kier alpha value is -0.830. The van der Waals surface area contributed by atoms with Crippen LogP contribution in [0.1, 0.15) is 30.2 Å². The molecular formula is C8H11NO2. The number of hydrogen-bond donors (Lipinski definition) is 1. The number of aliphatic hydroxyl groups is 1. The van der Waals surface area contributed by atoms with Gasteiger partial charge in [0.2, 0.25) is 0 Å². The maximum atomic E-state index is 9.67. The predicted molar refractivity (Wildman–Crippen MR) is 39.1 cm³/mol. The van der Waals surface area contributed by atoms with Crippen molar-refractivity contribution in [3.8, 4) is 0 Å². The van der Waals surface area contributed by atoms with Gasteiger partial charge in [0.1, 0.15) is 17.1 Å². The Morgan fingerprint density at radius 3 is 2.45 bits per heavy atom. The molecule has 3 heteroatoms. The van der Waals surface area contributed by atoms with E-state index in [0.29, 0.717) is 5.89 Å². The van der Waals surface area contributed by atoms with Gasteiger partial charge in [-0.05, 0) is 19.8 Å². The SMILES string of the molecule is Cc1nc(C2(O)CC2)c(C)o1. The molecule has 1 N–H and O–H groups in total. The van der Waals surface area contributed by atoms with Gasteiger partial charge in [-0.25, -0.2) is 4.98 Å². The summed E-state index contributed by atoms with van der Waals surface area (Å²) >= 11 is 0. The number of nitrogens with zero attached hydrogens (tertiary/aromatic N) is 1. The van der Waals surface area contributed by atoms with Gasteiger partial charge in [0, 0.05) is 6.92 Å². The Morgan fingerprint density at radius 2 is 2.09 bits per heavy atom. The van der Waals surface area contributed by atoms with Crippen molar-refractivity contribution in [2.24, 2.45) is 0 Å². The van der Waals surface area contributed by atoms with Gasteiger partial charge in [0.05, 0.1) is 0 Å². The van der Waals surface area contributed by atoms with Crippen molar-refractivity contribution in [2.75, 3.05) is 0 Å². The topological polar surface area (TPSA) is 46.3 Å². The van der Waals surface area contributed by atoms with Gasteiger partial charge in [0.15, 0.2) is 5.89 Å². The van der Waals surface area contributed by atoms with E-state index in [1.165, 1.54) is 0 Å². The predicted octanol–water partition coefficient (Wildman–Crippen LogP) is 1.27. The Bertz CT molecular complexity index is 286. The van der Waals surface area contributed by atoms with E-state index in [2.05, 4.69) is 4.98 Å². The fraction of sp³-hybridized carbons (Fsp3) is 0.625. The second-order valence-corrected chi connectivity index (χ2v) is 3.17. The van der Waals surface area contributed by atoms with Crippen LogP contribution in [0, 0.1) is 13.8 Å². The Morgan fingerprint density at radius 1 is 1.45 bits per heavy atom. The molecule has 1 fully saturated rings. The van der Waals surface area contributed by atoms with E-state index in [0.717, 1.165) is 24.3 Å². The minimum Gasteiger partial charge on any atom is -0.446 e. The zero-order valence-electron chi connectivity index (χ0n) is 6.72. The molecule has 0 unspecified atom stereocenters. The molecule has 0 atom stereocenters. The molecule has 1 heterocycles. The van der Waals surface area contributed by atoms with E-state index in [4.69, 9.17) is 4.42 Å². The Labute approximate surface area is 65.1 Å². The van der Waals surface area contributed by atoms with Crippen LogP contribution >= 0.6 is 0 Å². The van der Waals surface area contributed by atoms with Crippen molar-refractivity contribution in [1.29, 1.82) is 0 Å². The van der Waals surface area contributed by atoms with Crippen LogP contribution in [0.4, 0.5) is 0 Å². The smallest absolute Gasteiger partial charge is 0.191 e. The highest BCUT2D eigenvalue weighted by atomic mass is 16.4. The van der Waals surface area contributed by atoms with Crippen molar-refractivity contribution >= 4 is 0 Å². The number of aryl methyl sites for hydroxylation is 2. The molecule has 60 valence electrons. The molecule has 1 aromatic rings. The third-order valence-electron chi connectivity index (χ3n) is 2.07. The van der Waals surface area contributed by atoms with Crippen molar-refractivity contribution in [3.05, 3.63) is 17.3 Å². The van der Waals surface area contributed by atoms with Crippen LogP contribution in [0.3, 0.4) is 0 Å². The highest BCUT2D eigenvalue weighted by Crippen LogP contribution is 2.45. The van der Waals surface area contributed by atoms with Gasteiger partial charge in [-0.1, -0.05) is 0 Å². The van der Waals surface area contributed by atoms with Crippen LogP contribution in [-0.2, 0) is 5.60 Å². The largest absolute Gasteiger partial charge is 0.446 e. The first-order chi connectivity index (χ1) is 5.12. The molecule has 0 bridgehead atoms. The molecule has 3 nitrogen and oxygen atoms in total. The number of hydrogen-bond acceptors (Lipinski definition) is 3. The van der Waals surface area contributed by atoms with Crippen LogP contribution in [0.15, 0.2) is 4.42 Å². The summed E-state index contributed by atoms with van der Waals surface area (Å²) in [6.07, 6.45) is 1.64. The first-order valence-electron chi connectivity index (χ1n) is 3.79. The molecule has 0 aromatic carbocycles. The van der Waals surface area contributed by atoms with Gasteiger partial charge in [-0.15, -0.1) is 0 Å². The lowest BCUT2D eigenvalue weighted by Gasteiger charge is -2.01. The monoisotopic (exact) mass is 153 g/mol. The van der Waals surface area contributed by atoms with E-state index < -0.39 is 5.60 Å². The standard InChI is InChI=1S/C8H11NO2/c1-5-7(8(10)3-4-8)9-6(2)11-5/h10H,3-4H2,1-2H3. The number of oxazole rings is 1. The molecule has 1 saturated carbocycles. The molecule has 0 saturated heterocycles. The first kappa shape index (κ1) is 6.85. The Kier molecular flexibility index (Phi) is 1.16. The summed E-state index contributed by atoms with van der Waals surface area (Å²) in [7, 11) is 0. The van der Waals surface area contributed by atoms with Gasteiger partial charge in [-0.2, -0.15) is 0 Å². The van der Waals surface area contributed by atoms with E-state index in [1.807, 2.05) is 6.92 Å². The van der Waals surface area contributed by atoms with Crippen molar-refractivity contribution < 1.29 is 9.52 Å². The number of rotatable bonds is 1. The Balaban J connectivity index is 2.44. The normalized spacial score (nSPS) is 20.3. The van der Waals surface area contributed by atoms with Crippen LogP contribution in [0.2, 0.25) is 0 Å². The van der Waals surface area contributed by atoms with E-state index in [1.54, 1.807) is 6.92 Å². The zero-order chi connectivity index (χ0) is 8.06. The summed E-state index contributed by atoms with van der Waals surface area (Å²) in [4.78, 5) is 4.13. The molecule has 1 aliphatic rings. The lowest BCUT2D eigenvalue weighted by atomic mass is 10.2.